The lowest BCUT2D eigenvalue weighted by Crippen LogP contribution is -2.45. The number of halogens is 3. The Bertz CT molecular complexity index is 1160. The summed E-state index contributed by atoms with van der Waals surface area (Å²) in [7, 11) is -2.19. The van der Waals surface area contributed by atoms with Gasteiger partial charge in [-0.3, -0.25) is 4.79 Å². The average molecular weight is 577 g/mol. The Hall–Kier alpha value is -2.65. The maximum Gasteiger partial charge on any atom is 0.416 e. The highest BCUT2D eigenvalue weighted by atomic mass is 28.4. The highest BCUT2D eigenvalue weighted by molar-refractivity contribution is 6.74. The van der Waals surface area contributed by atoms with Gasteiger partial charge in [0.1, 0.15) is 0 Å². The van der Waals surface area contributed by atoms with Crippen LogP contribution < -0.4 is 5.11 Å². The summed E-state index contributed by atoms with van der Waals surface area (Å²) in [6, 6.07) is 12.1. The first-order valence-corrected chi connectivity index (χ1v) is 16.9. The molecule has 9 heteroatoms. The number of amides is 1. The van der Waals surface area contributed by atoms with Crippen LogP contribution in [-0.4, -0.2) is 43.8 Å². The van der Waals surface area contributed by atoms with Crippen LogP contribution in [0.2, 0.25) is 18.1 Å². The number of hydrogen-bond donors (Lipinski definition) is 0. The smallest absolute Gasteiger partial charge is 0.416 e. The van der Waals surface area contributed by atoms with E-state index in [0.29, 0.717) is 31.4 Å². The molecular formula is C31H41F3NO4Si-. The van der Waals surface area contributed by atoms with Crippen molar-refractivity contribution in [3.8, 4) is 0 Å². The predicted octanol–water partition coefficient (Wildman–Crippen LogP) is 6.41. The molecule has 0 radical (unpaired) electrons. The standard InChI is InChI=1S/C31H42F3NO4Si/c1-30(2,3)40(4,5)39-27(21-23-8-6-10-25(20-23)31(32,33)34)17-15-26-16-18-28(36)35(26)19-7-9-22-11-13-24(14-12-22)29(37)38/h6,8,10-14,20,26-27H,7,9,15-19,21H2,1-5H3,(H,37,38)/p-1. The molecule has 0 aliphatic carbocycles. The minimum absolute atomic E-state index is 0.0480. The van der Waals surface area contributed by atoms with Crippen LogP contribution in [0.4, 0.5) is 13.2 Å². The van der Waals surface area contributed by atoms with Crippen LogP contribution in [0.1, 0.15) is 79.9 Å². The second kappa shape index (κ2) is 12.9. The quantitative estimate of drug-likeness (QED) is 0.274. The molecule has 1 heterocycles. The van der Waals surface area contributed by atoms with E-state index in [1.165, 1.54) is 24.3 Å². The van der Waals surface area contributed by atoms with Crippen molar-refractivity contribution in [2.24, 2.45) is 0 Å². The largest absolute Gasteiger partial charge is 0.545 e. The topological polar surface area (TPSA) is 69.7 Å². The van der Waals surface area contributed by atoms with Crippen molar-refractivity contribution in [3.05, 3.63) is 70.8 Å². The normalized spacial score (nSPS) is 17.4. The third-order valence-electron chi connectivity index (χ3n) is 8.31. The molecule has 0 bridgehead atoms. The van der Waals surface area contributed by atoms with E-state index in [1.54, 1.807) is 18.2 Å². The Labute approximate surface area is 236 Å². The first-order chi connectivity index (χ1) is 18.6. The molecule has 2 aromatic rings. The number of carbonyl (C=O) groups is 2. The number of hydrogen-bond acceptors (Lipinski definition) is 4. The zero-order valence-corrected chi connectivity index (χ0v) is 25.1. The molecule has 0 spiro atoms. The van der Waals surface area contributed by atoms with Crippen LogP contribution in [0.5, 0.6) is 0 Å². The zero-order chi connectivity index (χ0) is 29.7. The summed E-state index contributed by atoms with van der Waals surface area (Å²) in [5.41, 5.74) is 1.08. The van der Waals surface area contributed by atoms with E-state index in [-0.39, 0.29) is 28.7 Å². The molecule has 1 aliphatic heterocycles. The van der Waals surface area contributed by atoms with Gasteiger partial charge in [-0.2, -0.15) is 13.2 Å². The Balaban J connectivity index is 1.66. The maximum absolute atomic E-state index is 13.3. The van der Waals surface area contributed by atoms with Gasteiger partial charge in [-0.1, -0.05) is 63.2 Å². The number of alkyl halides is 3. The van der Waals surface area contributed by atoms with E-state index >= 15 is 0 Å². The van der Waals surface area contributed by atoms with Gasteiger partial charge in [0.05, 0.1) is 11.5 Å². The summed E-state index contributed by atoms with van der Waals surface area (Å²) in [5, 5.41) is 10.9. The van der Waals surface area contributed by atoms with Gasteiger partial charge in [-0.05, 0) is 79.4 Å². The summed E-state index contributed by atoms with van der Waals surface area (Å²) < 4.78 is 46.7. The number of benzene rings is 2. The number of carboxylic acids is 1. The van der Waals surface area contributed by atoms with E-state index < -0.39 is 26.0 Å². The molecule has 2 unspecified atom stereocenters. The summed E-state index contributed by atoms with van der Waals surface area (Å²) in [6.07, 6.45) is -0.152. The van der Waals surface area contributed by atoms with Crippen molar-refractivity contribution in [2.75, 3.05) is 6.54 Å². The third-order valence-corrected chi connectivity index (χ3v) is 12.8. The van der Waals surface area contributed by atoms with Gasteiger partial charge < -0.3 is 19.2 Å². The van der Waals surface area contributed by atoms with Gasteiger partial charge in [0.25, 0.3) is 0 Å². The van der Waals surface area contributed by atoms with E-state index in [2.05, 4.69) is 33.9 Å². The Morgan fingerprint density at radius 3 is 2.38 bits per heavy atom. The average Bonchev–Trinajstić information content (AvgIpc) is 3.21. The van der Waals surface area contributed by atoms with Gasteiger partial charge in [-0.25, -0.2) is 0 Å². The van der Waals surface area contributed by atoms with E-state index in [9.17, 15) is 27.9 Å². The van der Waals surface area contributed by atoms with Crippen LogP contribution >= 0.6 is 0 Å². The van der Waals surface area contributed by atoms with Crippen molar-refractivity contribution in [2.45, 2.75) is 102 Å². The van der Waals surface area contributed by atoms with E-state index in [1.807, 2.05) is 4.90 Å². The molecule has 3 rings (SSSR count). The molecule has 2 aromatic carbocycles. The number of nitrogens with zero attached hydrogens (tertiary/aromatic N) is 1. The van der Waals surface area contributed by atoms with Crippen molar-refractivity contribution in [1.82, 2.24) is 4.90 Å². The van der Waals surface area contributed by atoms with Crippen LogP contribution in [-0.2, 0) is 28.2 Å². The van der Waals surface area contributed by atoms with Crippen LogP contribution in [0.15, 0.2) is 48.5 Å². The lowest BCUT2D eigenvalue weighted by molar-refractivity contribution is -0.255. The van der Waals surface area contributed by atoms with Crippen LogP contribution in [0, 0.1) is 0 Å². The Kier molecular flexibility index (Phi) is 10.3. The fraction of sp³-hybridized carbons (Fsp3) is 0.548. The molecule has 40 heavy (non-hydrogen) atoms. The number of rotatable bonds is 12. The SMILES string of the molecule is CC(C)(C)[Si](C)(C)OC(CCC1CCC(=O)N1CCCc1ccc(C(=O)[O-])cc1)Cc1cccc(C(F)(F)F)c1. The summed E-state index contributed by atoms with van der Waals surface area (Å²) in [5.74, 6) is -1.09. The van der Waals surface area contributed by atoms with Crippen molar-refractivity contribution < 1.29 is 32.3 Å². The maximum atomic E-state index is 13.3. The fourth-order valence-electron chi connectivity index (χ4n) is 4.97. The van der Waals surface area contributed by atoms with Gasteiger partial charge in [-0.15, -0.1) is 0 Å². The minimum atomic E-state index is -4.40. The van der Waals surface area contributed by atoms with Crippen LogP contribution in [0.25, 0.3) is 0 Å². The highest BCUT2D eigenvalue weighted by Gasteiger charge is 2.40. The molecule has 0 saturated carbocycles. The molecule has 1 saturated heterocycles. The number of carbonyl (C=O) groups excluding carboxylic acids is 2. The Morgan fingerprint density at radius 2 is 1.77 bits per heavy atom. The lowest BCUT2D eigenvalue weighted by atomic mass is 9.99. The van der Waals surface area contributed by atoms with Crippen LogP contribution in [0.3, 0.4) is 0 Å². The minimum Gasteiger partial charge on any atom is -0.545 e. The third kappa shape index (κ3) is 8.67. The molecule has 1 aliphatic rings. The first-order valence-electron chi connectivity index (χ1n) is 14.0. The summed E-state index contributed by atoms with van der Waals surface area (Å²) >= 11 is 0. The number of likely N-dealkylation sites (tertiary alicyclic amines) is 1. The molecule has 0 N–H and O–H groups in total. The molecule has 220 valence electrons. The first kappa shape index (κ1) is 31.9. The fourth-order valence-corrected chi connectivity index (χ4v) is 6.36. The van der Waals surface area contributed by atoms with Crippen molar-refractivity contribution in [1.29, 1.82) is 0 Å². The molecule has 1 amide bonds. The predicted molar refractivity (Wildman–Crippen MR) is 150 cm³/mol. The number of carboxylic acid groups (broad SMARTS) is 1. The zero-order valence-electron chi connectivity index (χ0n) is 24.1. The monoisotopic (exact) mass is 576 g/mol. The molecule has 5 nitrogen and oxygen atoms in total. The van der Waals surface area contributed by atoms with Gasteiger partial charge in [0.15, 0.2) is 8.32 Å². The summed E-state index contributed by atoms with van der Waals surface area (Å²) in [6.45, 7) is 11.3. The number of aryl methyl sites for hydroxylation is 1. The molecule has 0 aromatic heterocycles. The van der Waals surface area contributed by atoms with Gasteiger partial charge in [0.2, 0.25) is 5.91 Å². The lowest BCUT2D eigenvalue weighted by Gasteiger charge is -2.40. The second-order valence-corrected chi connectivity index (χ2v) is 17.1. The van der Waals surface area contributed by atoms with Crippen molar-refractivity contribution >= 4 is 20.2 Å². The molecular weight excluding hydrogens is 535 g/mol. The Morgan fingerprint density at radius 1 is 1.10 bits per heavy atom. The van der Waals surface area contributed by atoms with Crippen molar-refractivity contribution in [3.63, 3.8) is 0 Å². The summed E-state index contributed by atoms with van der Waals surface area (Å²) in [4.78, 5) is 25.6. The molecule has 1 fully saturated rings. The van der Waals surface area contributed by atoms with Gasteiger partial charge >= 0.3 is 6.18 Å². The second-order valence-electron chi connectivity index (χ2n) is 12.3. The highest BCUT2D eigenvalue weighted by Crippen LogP contribution is 2.39. The van der Waals surface area contributed by atoms with E-state index in [0.717, 1.165) is 37.3 Å². The van der Waals surface area contributed by atoms with Gasteiger partial charge in [0, 0.05) is 25.1 Å². The molecule has 2 atom stereocenters. The number of aromatic carboxylic acids is 1. The van der Waals surface area contributed by atoms with E-state index in [4.69, 9.17) is 4.43 Å².